The van der Waals surface area contributed by atoms with E-state index in [9.17, 15) is 13.2 Å². The van der Waals surface area contributed by atoms with Gasteiger partial charge in [0.15, 0.2) is 0 Å². The first kappa shape index (κ1) is 15.4. The number of hydrogen-bond acceptors (Lipinski definition) is 4. The maximum atomic E-state index is 11.6. The molecule has 1 fully saturated rings. The number of carboxylic acid groups (broad SMARTS) is 1. The molecule has 0 amide bonds. The van der Waals surface area contributed by atoms with E-state index in [0.29, 0.717) is 12.8 Å². The van der Waals surface area contributed by atoms with E-state index in [-0.39, 0.29) is 23.9 Å². The van der Waals surface area contributed by atoms with Gasteiger partial charge in [0.2, 0.25) is 0 Å². The molecule has 18 heavy (non-hydrogen) atoms. The van der Waals surface area contributed by atoms with Crippen molar-refractivity contribution in [2.24, 2.45) is 0 Å². The normalized spacial score (nSPS) is 25.6. The first-order valence-corrected chi connectivity index (χ1v) is 8.33. The second-order valence-corrected chi connectivity index (χ2v) is 7.76. The fraction of sp³-hybridized carbons (Fsp3) is 0.917. The van der Waals surface area contributed by atoms with E-state index in [1.54, 1.807) is 0 Å². The average Bonchev–Trinajstić information content (AvgIpc) is 2.24. The Kier molecular flexibility index (Phi) is 5.16. The SMILES string of the molecule is CC(C)N(CC(=O)O)C1CCCC(S(C)(=O)=O)C1. The van der Waals surface area contributed by atoms with Crippen LogP contribution in [0.3, 0.4) is 0 Å². The lowest BCUT2D eigenvalue weighted by Crippen LogP contribution is -2.47. The van der Waals surface area contributed by atoms with Crippen molar-refractivity contribution in [3.8, 4) is 0 Å². The smallest absolute Gasteiger partial charge is 0.317 e. The molecule has 0 bridgehead atoms. The van der Waals surface area contributed by atoms with Gasteiger partial charge in [-0.3, -0.25) is 9.69 Å². The Morgan fingerprint density at radius 2 is 2.00 bits per heavy atom. The van der Waals surface area contributed by atoms with Gasteiger partial charge >= 0.3 is 5.97 Å². The van der Waals surface area contributed by atoms with Crippen LogP contribution in [0.2, 0.25) is 0 Å². The van der Waals surface area contributed by atoms with Crippen LogP contribution in [0.5, 0.6) is 0 Å². The molecule has 1 rings (SSSR count). The van der Waals surface area contributed by atoms with Crippen molar-refractivity contribution in [1.82, 2.24) is 4.90 Å². The second kappa shape index (κ2) is 6.02. The van der Waals surface area contributed by atoms with E-state index in [1.807, 2.05) is 18.7 Å². The molecule has 0 spiro atoms. The first-order valence-electron chi connectivity index (χ1n) is 6.38. The first-order chi connectivity index (χ1) is 8.21. The monoisotopic (exact) mass is 277 g/mol. The highest BCUT2D eigenvalue weighted by molar-refractivity contribution is 7.91. The van der Waals surface area contributed by atoms with Crippen LogP contribution in [0.15, 0.2) is 0 Å². The third-order valence-electron chi connectivity index (χ3n) is 3.65. The summed E-state index contributed by atoms with van der Waals surface area (Å²) in [4.78, 5) is 12.8. The minimum atomic E-state index is -3.02. The standard InChI is InChI=1S/C12H23NO4S/c1-9(2)13(8-12(14)15)10-5-4-6-11(7-10)18(3,16)17/h9-11H,4-8H2,1-3H3,(H,14,15). The number of carboxylic acids is 1. The van der Waals surface area contributed by atoms with Gasteiger partial charge in [-0.15, -0.1) is 0 Å². The molecule has 1 N–H and O–H groups in total. The van der Waals surface area contributed by atoms with Crippen LogP contribution in [0.1, 0.15) is 39.5 Å². The van der Waals surface area contributed by atoms with Crippen molar-refractivity contribution in [1.29, 1.82) is 0 Å². The van der Waals surface area contributed by atoms with Crippen molar-refractivity contribution in [3.05, 3.63) is 0 Å². The molecule has 0 aromatic carbocycles. The molecule has 5 nitrogen and oxygen atoms in total. The summed E-state index contributed by atoms with van der Waals surface area (Å²) in [6, 6.07) is 0.180. The molecule has 6 heteroatoms. The van der Waals surface area contributed by atoms with E-state index in [2.05, 4.69) is 0 Å². The predicted molar refractivity (Wildman–Crippen MR) is 70.4 cm³/mol. The highest BCUT2D eigenvalue weighted by Crippen LogP contribution is 2.28. The number of sulfone groups is 1. The molecule has 1 aliphatic rings. The van der Waals surface area contributed by atoms with Crippen molar-refractivity contribution >= 4 is 15.8 Å². The van der Waals surface area contributed by atoms with E-state index < -0.39 is 15.8 Å². The van der Waals surface area contributed by atoms with Crippen molar-refractivity contribution in [2.75, 3.05) is 12.8 Å². The van der Waals surface area contributed by atoms with Gasteiger partial charge in [0.05, 0.1) is 11.8 Å². The van der Waals surface area contributed by atoms with Crippen LogP contribution in [0.25, 0.3) is 0 Å². The summed E-state index contributed by atoms with van der Waals surface area (Å²) in [6.07, 6.45) is 4.28. The van der Waals surface area contributed by atoms with Crippen molar-refractivity contribution < 1.29 is 18.3 Å². The van der Waals surface area contributed by atoms with Crippen LogP contribution in [-0.4, -0.2) is 54.5 Å². The van der Waals surface area contributed by atoms with Gasteiger partial charge in [-0.25, -0.2) is 8.42 Å². The molecule has 2 atom stereocenters. The quantitative estimate of drug-likeness (QED) is 0.815. The van der Waals surface area contributed by atoms with Gasteiger partial charge < -0.3 is 5.11 Å². The topological polar surface area (TPSA) is 74.7 Å². The maximum Gasteiger partial charge on any atom is 0.317 e. The third kappa shape index (κ3) is 4.24. The lowest BCUT2D eigenvalue weighted by Gasteiger charge is -2.38. The predicted octanol–water partition coefficient (Wildman–Crippen LogP) is 1.14. The van der Waals surface area contributed by atoms with E-state index >= 15 is 0 Å². The van der Waals surface area contributed by atoms with Crippen LogP contribution in [0.4, 0.5) is 0 Å². The van der Waals surface area contributed by atoms with Crippen LogP contribution >= 0.6 is 0 Å². The molecule has 1 aliphatic carbocycles. The molecule has 0 radical (unpaired) electrons. The van der Waals surface area contributed by atoms with E-state index in [0.717, 1.165) is 12.8 Å². The summed E-state index contributed by atoms with van der Waals surface area (Å²) in [5.74, 6) is -0.856. The Labute approximate surface area is 109 Å². The summed E-state index contributed by atoms with van der Waals surface area (Å²) in [7, 11) is -3.02. The maximum absolute atomic E-state index is 11.6. The van der Waals surface area contributed by atoms with Gasteiger partial charge in [-0.1, -0.05) is 6.42 Å². The van der Waals surface area contributed by atoms with Crippen LogP contribution in [-0.2, 0) is 14.6 Å². The Morgan fingerprint density at radius 3 is 2.44 bits per heavy atom. The fourth-order valence-electron chi connectivity index (χ4n) is 2.70. The zero-order valence-corrected chi connectivity index (χ0v) is 12.1. The van der Waals surface area contributed by atoms with Crippen LogP contribution < -0.4 is 0 Å². The molecule has 2 unspecified atom stereocenters. The van der Waals surface area contributed by atoms with Crippen molar-refractivity contribution in [2.45, 2.75) is 56.9 Å². The van der Waals surface area contributed by atoms with E-state index in [4.69, 9.17) is 5.11 Å². The molecule has 106 valence electrons. The lowest BCUT2D eigenvalue weighted by molar-refractivity contribution is -0.139. The number of rotatable bonds is 5. The highest BCUT2D eigenvalue weighted by atomic mass is 32.2. The molecule has 0 aliphatic heterocycles. The Morgan fingerprint density at radius 1 is 1.39 bits per heavy atom. The molecule has 0 aromatic rings. The van der Waals surface area contributed by atoms with Crippen molar-refractivity contribution in [3.63, 3.8) is 0 Å². The minimum Gasteiger partial charge on any atom is -0.480 e. The number of hydrogen-bond donors (Lipinski definition) is 1. The summed E-state index contributed by atoms with van der Waals surface area (Å²) < 4.78 is 23.2. The summed E-state index contributed by atoms with van der Waals surface area (Å²) in [5, 5.41) is 8.62. The van der Waals surface area contributed by atoms with Gasteiger partial charge in [0.25, 0.3) is 0 Å². The van der Waals surface area contributed by atoms with Crippen LogP contribution in [0, 0.1) is 0 Å². The Hall–Kier alpha value is -0.620. The molecule has 0 saturated heterocycles. The summed E-state index contributed by atoms with van der Waals surface area (Å²) in [6.45, 7) is 3.89. The average molecular weight is 277 g/mol. The molecule has 1 saturated carbocycles. The highest BCUT2D eigenvalue weighted by Gasteiger charge is 2.33. The largest absolute Gasteiger partial charge is 0.480 e. The lowest BCUT2D eigenvalue weighted by atomic mass is 9.93. The summed E-state index contributed by atoms with van der Waals surface area (Å²) >= 11 is 0. The zero-order chi connectivity index (χ0) is 13.9. The minimum absolute atomic E-state index is 0.0151. The molecule has 0 aromatic heterocycles. The molecular formula is C12H23NO4S. The van der Waals surface area contributed by atoms with Gasteiger partial charge in [-0.2, -0.15) is 0 Å². The van der Waals surface area contributed by atoms with Gasteiger partial charge in [0.1, 0.15) is 9.84 Å². The molecule has 0 heterocycles. The number of aliphatic carboxylic acids is 1. The Bertz CT molecular complexity index is 391. The van der Waals surface area contributed by atoms with E-state index in [1.165, 1.54) is 6.26 Å². The molecular weight excluding hydrogens is 254 g/mol. The third-order valence-corrected chi connectivity index (χ3v) is 5.29. The zero-order valence-electron chi connectivity index (χ0n) is 11.3. The number of nitrogens with zero attached hydrogens (tertiary/aromatic N) is 1. The fourth-order valence-corrected chi connectivity index (χ4v) is 3.87. The van der Waals surface area contributed by atoms with Gasteiger partial charge in [0, 0.05) is 18.3 Å². The van der Waals surface area contributed by atoms with Gasteiger partial charge in [-0.05, 0) is 33.1 Å². The number of carbonyl (C=O) groups is 1. The Balaban J connectivity index is 2.77. The summed E-state index contributed by atoms with van der Waals surface area (Å²) in [5.41, 5.74) is 0. The second-order valence-electron chi connectivity index (χ2n) is 5.43.